The second-order valence-electron chi connectivity index (χ2n) is 8.74. The summed E-state index contributed by atoms with van der Waals surface area (Å²) in [5, 5.41) is 6.12. The van der Waals surface area contributed by atoms with Crippen molar-refractivity contribution in [1.82, 2.24) is 10.6 Å². The Labute approximate surface area is 180 Å². The molecule has 4 fully saturated rings. The van der Waals surface area contributed by atoms with E-state index in [0.29, 0.717) is 30.7 Å². The minimum atomic E-state index is -0.588. The molecule has 2 amide bonds. The van der Waals surface area contributed by atoms with Gasteiger partial charge < -0.3 is 20.1 Å². The summed E-state index contributed by atoms with van der Waals surface area (Å²) in [6.07, 6.45) is 3.75. The monoisotopic (exact) mass is 438 g/mol. The molecule has 164 valence electrons. The van der Waals surface area contributed by atoms with Crippen LogP contribution in [0.1, 0.15) is 32.6 Å². The minimum absolute atomic E-state index is 0.00720. The predicted molar refractivity (Wildman–Crippen MR) is 110 cm³/mol. The van der Waals surface area contributed by atoms with E-state index in [9.17, 15) is 14.0 Å². The fraction of sp³-hybridized carbons (Fsp3) is 0.636. The van der Waals surface area contributed by atoms with E-state index >= 15 is 0 Å². The van der Waals surface area contributed by atoms with Crippen molar-refractivity contribution in [2.75, 3.05) is 19.8 Å². The summed E-state index contributed by atoms with van der Waals surface area (Å²) >= 11 is 5.65. The minimum Gasteiger partial charge on any atom is -0.484 e. The molecular weight excluding hydrogens is 411 g/mol. The number of amides is 2. The molecule has 1 aromatic rings. The Bertz CT molecular complexity index is 801. The third-order valence-corrected chi connectivity index (χ3v) is 7.18. The standard InChI is InChI=1S/C22H28ClFN2O4/c1-12-13(4-5-29-12)10-25-22(28)17-9-20(15-6-14(17)7-15)26-21(27)11-30-16-2-3-18(23)19(24)8-16/h2-3,8,12-15,17,20H,4-7,9-11H2,1H3,(H,25,28)(H,26,27). The second kappa shape index (κ2) is 9.10. The van der Waals surface area contributed by atoms with Crippen molar-refractivity contribution in [1.29, 1.82) is 0 Å². The summed E-state index contributed by atoms with van der Waals surface area (Å²) in [7, 11) is 0. The zero-order chi connectivity index (χ0) is 21.3. The Kier molecular flexibility index (Phi) is 6.48. The van der Waals surface area contributed by atoms with E-state index in [1.54, 1.807) is 0 Å². The van der Waals surface area contributed by atoms with Gasteiger partial charge in [-0.15, -0.1) is 0 Å². The van der Waals surface area contributed by atoms with E-state index < -0.39 is 5.82 Å². The maximum atomic E-state index is 13.5. The Morgan fingerprint density at radius 2 is 2.07 bits per heavy atom. The fourth-order valence-electron chi connectivity index (χ4n) is 4.89. The number of hydrogen-bond acceptors (Lipinski definition) is 4. The number of hydrogen-bond donors (Lipinski definition) is 2. The Hall–Kier alpha value is -1.86. The van der Waals surface area contributed by atoms with Crippen molar-refractivity contribution in [3.8, 4) is 5.75 Å². The second-order valence-corrected chi connectivity index (χ2v) is 9.15. The lowest BCUT2D eigenvalue weighted by molar-refractivity contribution is -0.136. The first-order valence-electron chi connectivity index (χ1n) is 10.7. The highest BCUT2D eigenvalue weighted by molar-refractivity contribution is 6.30. The third-order valence-electron chi connectivity index (χ3n) is 6.87. The number of benzene rings is 1. The smallest absolute Gasteiger partial charge is 0.258 e. The average molecular weight is 439 g/mol. The molecule has 2 N–H and O–H groups in total. The van der Waals surface area contributed by atoms with Crippen molar-refractivity contribution in [2.24, 2.45) is 23.7 Å². The first kappa shape index (κ1) is 21.4. The van der Waals surface area contributed by atoms with Gasteiger partial charge in [0.25, 0.3) is 5.91 Å². The van der Waals surface area contributed by atoms with Crippen LogP contribution in [-0.2, 0) is 14.3 Å². The molecule has 1 aliphatic heterocycles. The van der Waals surface area contributed by atoms with Gasteiger partial charge in [-0.2, -0.15) is 0 Å². The molecular formula is C22H28ClFN2O4. The molecule has 30 heavy (non-hydrogen) atoms. The van der Waals surface area contributed by atoms with Gasteiger partial charge in [0.15, 0.2) is 6.61 Å². The van der Waals surface area contributed by atoms with Gasteiger partial charge in [0, 0.05) is 37.1 Å². The molecule has 6 nitrogen and oxygen atoms in total. The van der Waals surface area contributed by atoms with E-state index in [2.05, 4.69) is 10.6 Å². The lowest BCUT2D eigenvalue weighted by atomic mass is 9.57. The van der Waals surface area contributed by atoms with Gasteiger partial charge >= 0.3 is 0 Å². The number of halogens is 2. The van der Waals surface area contributed by atoms with E-state index in [-0.39, 0.29) is 47.3 Å². The molecule has 5 rings (SSSR count). The highest BCUT2D eigenvalue weighted by Crippen LogP contribution is 2.49. The highest BCUT2D eigenvalue weighted by Gasteiger charge is 2.49. The molecule has 1 saturated heterocycles. The van der Waals surface area contributed by atoms with Crippen molar-refractivity contribution >= 4 is 23.4 Å². The average Bonchev–Trinajstić information content (AvgIpc) is 3.10. The van der Waals surface area contributed by atoms with Crippen LogP contribution in [0.15, 0.2) is 18.2 Å². The lowest BCUT2D eigenvalue weighted by Crippen LogP contribution is -2.57. The largest absolute Gasteiger partial charge is 0.484 e. The zero-order valence-electron chi connectivity index (χ0n) is 17.0. The predicted octanol–water partition coefficient (Wildman–Crippen LogP) is 2.93. The molecule has 3 saturated carbocycles. The molecule has 8 heteroatoms. The molecule has 3 aliphatic carbocycles. The molecule has 2 bridgehead atoms. The number of nitrogens with one attached hydrogen (secondary N) is 2. The van der Waals surface area contributed by atoms with Gasteiger partial charge in [-0.25, -0.2) is 4.39 Å². The van der Waals surface area contributed by atoms with E-state index in [1.165, 1.54) is 12.1 Å². The summed E-state index contributed by atoms with van der Waals surface area (Å²) in [6, 6.07) is 4.04. The van der Waals surface area contributed by atoms with E-state index in [4.69, 9.17) is 21.1 Å². The SMILES string of the molecule is CC1OCCC1CNC(=O)C1CC(NC(=O)COc2ccc(Cl)c(F)c2)C2CC1C2. The molecule has 0 radical (unpaired) electrons. The molecule has 4 atom stereocenters. The zero-order valence-corrected chi connectivity index (χ0v) is 17.8. The quantitative estimate of drug-likeness (QED) is 0.686. The van der Waals surface area contributed by atoms with Gasteiger partial charge in [0.1, 0.15) is 11.6 Å². The van der Waals surface area contributed by atoms with Crippen LogP contribution in [0.5, 0.6) is 5.75 Å². The molecule has 0 spiro atoms. The number of fused-ring (bicyclic) bond motifs is 2. The van der Waals surface area contributed by atoms with Gasteiger partial charge in [-0.05, 0) is 56.6 Å². The Morgan fingerprint density at radius 1 is 1.27 bits per heavy atom. The molecule has 4 aliphatic rings. The van der Waals surface area contributed by atoms with Crippen LogP contribution < -0.4 is 15.4 Å². The van der Waals surface area contributed by atoms with Gasteiger partial charge in [-0.1, -0.05) is 11.6 Å². The van der Waals surface area contributed by atoms with Crippen LogP contribution in [0.3, 0.4) is 0 Å². The Balaban J connectivity index is 1.24. The number of carbonyl (C=O) groups is 2. The van der Waals surface area contributed by atoms with Crippen LogP contribution in [0, 0.1) is 29.5 Å². The van der Waals surface area contributed by atoms with Crippen LogP contribution in [0.4, 0.5) is 4.39 Å². The number of carbonyl (C=O) groups excluding carboxylic acids is 2. The van der Waals surface area contributed by atoms with E-state index in [1.807, 2.05) is 6.92 Å². The Morgan fingerprint density at radius 3 is 2.77 bits per heavy atom. The summed E-state index contributed by atoms with van der Waals surface area (Å²) in [4.78, 5) is 25.1. The van der Waals surface area contributed by atoms with Crippen molar-refractivity contribution < 1.29 is 23.5 Å². The van der Waals surface area contributed by atoms with Crippen LogP contribution in [0.25, 0.3) is 0 Å². The fourth-order valence-corrected chi connectivity index (χ4v) is 5.01. The van der Waals surface area contributed by atoms with Crippen LogP contribution in [-0.4, -0.2) is 43.7 Å². The van der Waals surface area contributed by atoms with Gasteiger partial charge in [0.2, 0.25) is 5.91 Å². The van der Waals surface area contributed by atoms with Crippen molar-refractivity contribution in [3.05, 3.63) is 29.0 Å². The van der Waals surface area contributed by atoms with Crippen molar-refractivity contribution in [3.63, 3.8) is 0 Å². The molecule has 1 heterocycles. The third kappa shape index (κ3) is 4.72. The molecule has 0 aromatic heterocycles. The number of ether oxygens (including phenoxy) is 2. The molecule has 4 unspecified atom stereocenters. The normalized spacial score (nSPS) is 32.2. The topological polar surface area (TPSA) is 76.7 Å². The first-order chi connectivity index (χ1) is 14.4. The summed E-state index contributed by atoms with van der Waals surface area (Å²) in [5.74, 6) is 0.618. The van der Waals surface area contributed by atoms with Crippen LogP contribution in [0.2, 0.25) is 5.02 Å². The summed E-state index contributed by atoms with van der Waals surface area (Å²) in [5.41, 5.74) is 0. The van der Waals surface area contributed by atoms with Crippen LogP contribution >= 0.6 is 11.6 Å². The molecule has 1 aromatic carbocycles. The highest BCUT2D eigenvalue weighted by atomic mass is 35.5. The maximum Gasteiger partial charge on any atom is 0.258 e. The van der Waals surface area contributed by atoms with Crippen molar-refractivity contribution in [2.45, 2.75) is 44.8 Å². The maximum absolute atomic E-state index is 13.5. The van der Waals surface area contributed by atoms with Gasteiger partial charge in [0.05, 0.1) is 11.1 Å². The summed E-state index contributed by atoms with van der Waals surface area (Å²) in [6.45, 7) is 3.25. The lowest BCUT2D eigenvalue weighted by Gasteiger charge is -2.50. The van der Waals surface area contributed by atoms with E-state index in [0.717, 1.165) is 31.9 Å². The van der Waals surface area contributed by atoms with Gasteiger partial charge in [-0.3, -0.25) is 9.59 Å². The first-order valence-corrected chi connectivity index (χ1v) is 11.0. The summed E-state index contributed by atoms with van der Waals surface area (Å²) < 4.78 is 24.4. The number of rotatable bonds is 7.